The van der Waals surface area contributed by atoms with Crippen LogP contribution in [-0.4, -0.2) is 18.1 Å². The number of carbonyl (C=O) groups excluding carboxylic acids is 1. The summed E-state index contributed by atoms with van der Waals surface area (Å²) in [6, 6.07) is 6.28. The summed E-state index contributed by atoms with van der Waals surface area (Å²) in [4.78, 5) is 12.2. The first-order valence-corrected chi connectivity index (χ1v) is 7.10. The summed E-state index contributed by atoms with van der Waals surface area (Å²) in [5.74, 6) is -0.0979. The van der Waals surface area contributed by atoms with E-state index in [9.17, 15) is 13.6 Å². The molecule has 1 aromatic carbocycles. The van der Waals surface area contributed by atoms with Crippen molar-refractivity contribution in [3.8, 4) is 5.75 Å². The summed E-state index contributed by atoms with van der Waals surface area (Å²) in [5.41, 5.74) is 6.03. The number of benzene rings is 1. The van der Waals surface area contributed by atoms with Crippen molar-refractivity contribution < 1.29 is 18.3 Å². The van der Waals surface area contributed by atoms with Gasteiger partial charge in [0, 0.05) is 6.54 Å². The molecule has 0 radical (unpaired) electrons. The number of halogens is 3. The Morgan fingerprint density at radius 1 is 1.32 bits per heavy atom. The SMILES string of the molecule is Cl.NC1(C(=O)NCc2cccc(OC(F)F)c2)CCCCC1. The zero-order chi connectivity index (χ0) is 15.3. The third-order valence-electron chi connectivity index (χ3n) is 3.77. The van der Waals surface area contributed by atoms with Gasteiger partial charge in [0.1, 0.15) is 5.75 Å². The van der Waals surface area contributed by atoms with E-state index in [1.165, 1.54) is 12.1 Å². The maximum Gasteiger partial charge on any atom is 0.387 e. The third kappa shape index (κ3) is 5.10. The van der Waals surface area contributed by atoms with Crippen molar-refractivity contribution in [3.63, 3.8) is 0 Å². The Morgan fingerprint density at radius 2 is 2.00 bits per heavy atom. The van der Waals surface area contributed by atoms with Crippen LogP contribution >= 0.6 is 12.4 Å². The lowest BCUT2D eigenvalue weighted by Gasteiger charge is -2.31. The predicted molar refractivity (Wildman–Crippen MR) is 82.2 cm³/mol. The molecule has 0 bridgehead atoms. The summed E-state index contributed by atoms with van der Waals surface area (Å²) < 4.78 is 28.6. The number of nitrogens with one attached hydrogen (secondary N) is 1. The van der Waals surface area contributed by atoms with Crippen molar-refractivity contribution in [2.24, 2.45) is 5.73 Å². The first kappa shape index (κ1) is 18.6. The lowest BCUT2D eigenvalue weighted by atomic mass is 9.82. The second-order valence-corrected chi connectivity index (χ2v) is 5.43. The van der Waals surface area contributed by atoms with Gasteiger partial charge in [0.25, 0.3) is 0 Å². The highest BCUT2D eigenvalue weighted by atomic mass is 35.5. The van der Waals surface area contributed by atoms with E-state index in [1.807, 2.05) is 0 Å². The smallest absolute Gasteiger partial charge is 0.387 e. The van der Waals surface area contributed by atoms with Crippen LogP contribution in [0.25, 0.3) is 0 Å². The molecule has 3 N–H and O–H groups in total. The summed E-state index contributed by atoms with van der Waals surface area (Å²) in [6.45, 7) is -2.61. The molecule has 0 atom stereocenters. The summed E-state index contributed by atoms with van der Waals surface area (Å²) >= 11 is 0. The Morgan fingerprint density at radius 3 is 2.64 bits per heavy atom. The van der Waals surface area contributed by atoms with E-state index < -0.39 is 12.2 Å². The summed E-state index contributed by atoms with van der Waals surface area (Å²) in [5, 5.41) is 2.78. The fourth-order valence-corrected chi connectivity index (χ4v) is 2.60. The predicted octanol–water partition coefficient (Wildman–Crippen LogP) is 2.99. The average molecular weight is 335 g/mol. The molecule has 1 aromatic rings. The topological polar surface area (TPSA) is 64.4 Å². The van der Waals surface area contributed by atoms with E-state index in [4.69, 9.17) is 5.73 Å². The van der Waals surface area contributed by atoms with E-state index >= 15 is 0 Å². The number of ether oxygens (including phenoxy) is 1. The Kier molecular flexibility index (Phi) is 7.03. The lowest BCUT2D eigenvalue weighted by molar-refractivity contribution is -0.127. The van der Waals surface area contributed by atoms with Crippen LogP contribution in [0.5, 0.6) is 5.75 Å². The Balaban J connectivity index is 0.00000242. The molecule has 7 heteroatoms. The van der Waals surface area contributed by atoms with Gasteiger partial charge < -0.3 is 15.8 Å². The number of rotatable bonds is 5. The minimum absolute atomic E-state index is 0. The number of carbonyl (C=O) groups is 1. The minimum Gasteiger partial charge on any atom is -0.435 e. The van der Waals surface area contributed by atoms with E-state index in [1.54, 1.807) is 12.1 Å². The van der Waals surface area contributed by atoms with Gasteiger partial charge in [-0.1, -0.05) is 31.4 Å². The molecule has 0 saturated heterocycles. The van der Waals surface area contributed by atoms with Crippen LogP contribution in [0.1, 0.15) is 37.7 Å². The highest BCUT2D eigenvalue weighted by Crippen LogP contribution is 2.26. The van der Waals surface area contributed by atoms with Crippen LogP contribution in [-0.2, 0) is 11.3 Å². The number of alkyl halides is 2. The van der Waals surface area contributed by atoms with Gasteiger partial charge in [0.05, 0.1) is 5.54 Å². The monoisotopic (exact) mass is 334 g/mol. The van der Waals surface area contributed by atoms with Crippen molar-refractivity contribution in [2.75, 3.05) is 0 Å². The molecule has 1 amide bonds. The molecule has 1 saturated carbocycles. The number of hydrogen-bond donors (Lipinski definition) is 2. The number of nitrogens with two attached hydrogens (primary N) is 1. The van der Waals surface area contributed by atoms with Crippen LogP contribution in [0.3, 0.4) is 0 Å². The molecule has 4 nitrogen and oxygen atoms in total. The van der Waals surface area contributed by atoms with Crippen LogP contribution in [0.15, 0.2) is 24.3 Å². The van der Waals surface area contributed by atoms with Gasteiger partial charge >= 0.3 is 6.61 Å². The molecule has 22 heavy (non-hydrogen) atoms. The zero-order valence-corrected chi connectivity index (χ0v) is 13.0. The molecule has 0 aliphatic heterocycles. The summed E-state index contributed by atoms with van der Waals surface area (Å²) in [6.07, 6.45) is 4.41. The Bertz CT molecular complexity index is 494. The van der Waals surface area contributed by atoms with E-state index in [0.717, 1.165) is 19.3 Å². The van der Waals surface area contributed by atoms with Crippen LogP contribution < -0.4 is 15.8 Å². The molecular formula is C15H21ClF2N2O2. The standard InChI is InChI=1S/C15H20F2N2O2.ClH/c16-14(17)21-12-6-4-5-11(9-12)10-19-13(20)15(18)7-2-1-3-8-15;/h4-6,9,14H,1-3,7-8,10,18H2,(H,19,20);1H. The van der Waals surface area contributed by atoms with Crippen molar-refractivity contribution in [2.45, 2.75) is 50.8 Å². The van der Waals surface area contributed by atoms with Crippen molar-refractivity contribution in [1.82, 2.24) is 5.32 Å². The van der Waals surface area contributed by atoms with Gasteiger partial charge in [-0.15, -0.1) is 12.4 Å². The average Bonchev–Trinajstić information content (AvgIpc) is 2.45. The molecule has 0 unspecified atom stereocenters. The normalized spacial score (nSPS) is 16.7. The van der Waals surface area contributed by atoms with E-state index in [0.29, 0.717) is 18.4 Å². The van der Waals surface area contributed by atoms with Crippen LogP contribution in [0.4, 0.5) is 8.78 Å². The maximum atomic E-state index is 12.2. The Hall–Kier alpha value is -1.40. The van der Waals surface area contributed by atoms with Crippen molar-refractivity contribution >= 4 is 18.3 Å². The molecule has 1 aliphatic rings. The second kappa shape index (κ2) is 8.29. The first-order chi connectivity index (χ1) is 9.99. The lowest BCUT2D eigenvalue weighted by Crippen LogP contribution is -2.54. The van der Waals surface area contributed by atoms with Gasteiger partial charge in [-0.05, 0) is 30.5 Å². The zero-order valence-electron chi connectivity index (χ0n) is 12.2. The first-order valence-electron chi connectivity index (χ1n) is 7.10. The fraction of sp³-hybridized carbons (Fsp3) is 0.533. The quantitative estimate of drug-likeness (QED) is 0.870. The molecule has 2 rings (SSSR count). The van der Waals surface area contributed by atoms with Gasteiger partial charge in [-0.2, -0.15) is 8.78 Å². The molecular weight excluding hydrogens is 314 g/mol. The number of hydrogen-bond acceptors (Lipinski definition) is 3. The van der Waals surface area contributed by atoms with Crippen LogP contribution in [0.2, 0.25) is 0 Å². The number of amides is 1. The molecule has 0 aromatic heterocycles. The Labute approximate surface area is 134 Å². The minimum atomic E-state index is -2.86. The highest BCUT2D eigenvalue weighted by Gasteiger charge is 2.34. The second-order valence-electron chi connectivity index (χ2n) is 5.43. The van der Waals surface area contributed by atoms with E-state index in [2.05, 4.69) is 10.1 Å². The highest BCUT2D eigenvalue weighted by molar-refractivity contribution is 5.86. The molecule has 0 heterocycles. The molecule has 1 fully saturated rings. The maximum absolute atomic E-state index is 12.2. The van der Waals surface area contributed by atoms with Gasteiger partial charge in [0.15, 0.2) is 0 Å². The largest absolute Gasteiger partial charge is 0.435 e. The molecule has 124 valence electrons. The molecule has 0 spiro atoms. The van der Waals surface area contributed by atoms with Gasteiger partial charge in [-0.3, -0.25) is 4.79 Å². The van der Waals surface area contributed by atoms with Gasteiger partial charge in [-0.25, -0.2) is 0 Å². The van der Waals surface area contributed by atoms with Crippen molar-refractivity contribution in [1.29, 1.82) is 0 Å². The third-order valence-corrected chi connectivity index (χ3v) is 3.77. The van der Waals surface area contributed by atoms with E-state index in [-0.39, 0.29) is 30.6 Å². The molecule has 1 aliphatic carbocycles. The fourth-order valence-electron chi connectivity index (χ4n) is 2.60. The van der Waals surface area contributed by atoms with Crippen molar-refractivity contribution in [3.05, 3.63) is 29.8 Å². The summed E-state index contributed by atoms with van der Waals surface area (Å²) in [7, 11) is 0. The van der Waals surface area contributed by atoms with Gasteiger partial charge in [0.2, 0.25) is 5.91 Å². The van der Waals surface area contributed by atoms with Crippen LogP contribution in [0, 0.1) is 0 Å².